The van der Waals surface area contributed by atoms with Crippen LogP contribution in [0.25, 0.3) is 16.3 Å². The molecular weight excluding hydrogens is 430 g/mol. The van der Waals surface area contributed by atoms with Crippen molar-refractivity contribution in [3.05, 3.63) is 71.8 Å². The molecule has 0 aliphatic carbocycles. The lowest BCUT2D eigenvalue weighted by molar-refractivity contribution is 0.0991. The molecule has 0 bridgehead atoms. The van der Waals surface area contributed by atoms with Crippen LogP contribution in [0.15, 0.2) is 65.0 Å². The van der Waals surface area contributed by atoms with Crippen molar-refractivity contribution in [2.45, 2.75) is 36.0 Å². The van der Waals surface area contributed by atoms with Crippen molar-refractivity contribution in [2.24, 2.45) is 10.7 Å². The average molecular weight is 458 g/mol. The van der Waals surface area contributed by atoms with Crippen LogP contribution in [0.3, 0.4) is 0 Å². The van der Waals surface area contributed by atoms with Crippen molar-refractivity contribution in [1.82, 2.24) is 14.9 Å². The molecule has 1 fully saturated rings. The molecule has 6 nitrogen and oxygen atoms in total. The van der Waals surface area contributed by atoms with Crippen molar-refractivity contribution < 1.29 is 4.79 Å². The zero-order chi connectivity index (χ0) is 22.8. The molecule has 3 aromatic rings. The summed E-state index contributed by atoms with van der Waals surface area (Å²) in [6.45, 7) is 2.23. The second kappa shape index (κ2) is 9.45. The number of hydrogen-bond donors (Lipinski definition) is 1. The Kier molecular flexibility index (Phi) is 6.24. The van der Waals surface area contributed by atoms with Crippen molar-refractivity contribution in [2.75, 3.05) is 20.1 Å². The van der Waals surface area contributed by atoms with E-state index in [1.165, 1.54) is 0 Å². The number of rotatable bonds is 6. The molecule has 7 heteroatoms. The second-order valence-corrected chi connectivity index (χ2v) is 10.1. The first-order valence-corrected chi connectivity index (χ1v) is 12.2. The van der Waals surface area contributed by atoms with Gasteiger partial charge in [-0.2, -0.15) is 0 Å². The molecule has 2 aromatic heterocycles. The van der Waals surface area contributed by atoms with Gasteiger partial charge in [0.2, 0.25) is 0 Å². The molecule has 0 atom stereocenters. The Morgan fingerprint density at radius 3 is 2.76 bits per heavy atom. The third-order valence-corrected chi connectivity index (χ3v) is 7.53. The lowest BCUT2D eigenvalue weighted by Gasteiger charge is -2.28. The highest BCUT2D eigenvalue weighted by molar-refractivity contribution is 7.99. The predicted molar refractivity (Wildman–Crippen MR) is 135 cm³/mol. The van der Waals surface area contributed by atoms with Crippen molar-refractivity contribution in [3.63, 3.8) is 0 Å². The molecule has 5 rings (SSSR count). The fraction of sp³-hybridized carbons (Fsp3) is 0.308. The highest BCUT2D eigenvalue weighted by Gasteiger charge is 2.19. The number of thioether (sulfide) groups is 1. The minimum Gasteiger partial charge on any atom is -0.387 e. The predicted octanol–water partition coefficient (Wildman–Crippen LogP) is 4.34. The maximum Gasteiger partial charge on any atom is 0.168 e. The average Bonchev–Trinajstić information content (AvgIpc) is 3.26. The Morgan fingerprint density at radius 1 is 1.12 bits per heavy atom. The van der Waals surface area contributed by atoms with Gasteiger partial charge in [0.25, 0.3) is 0 Å². The largest absolute Gasteiger partial charge is 0.387 e. The lowest BCUT2D eigenvalue weighted by atomic mass is 10.00. The first kappa shape index (κ1) is 21.8. The summed E-state index contributed by atoms with van der Waals surface area (Å²) >= 11 is 1.79. The van der Waals surface area contributed by atoms with Gasteiger partial charge in [-0.3, -0.25) is 9.78 Å². The smallest absolute Gasteiger partial charge is 0.168 e. The number of carbonyl (C=O) groups is 1. The minimum atomic E-state index is 0.0605. The summed E-state index contributed by atoms with van der Waals surface area (Å²) in [5.41, 5.74) is 9.48. The van der Waals surface area contributed by atoms with Crippen LogP contribution in [-0.2, 0) is 6.42 Å². The van der Waals surface area contributed by atoms with Crippen LogP contribution in [0, 0.1) is 0 Å². The number of likely N-dealkylation sites (tertiary alicyclic amines) is 1. The normalized spacial score (nSPS) is 17.2. The molecule has 4 heterocycles. The summed E-state index contributed by atoms with van der Waals surface area (Å²) in [7, 11) is 2.16. The van der Waals surface area contributed by atoms with Crippen molar-refractivity contribution in [3.8, 4) is 0 Å². The van der Waals surface area contributed by atoms with E-state index in [0.29, 0.717) is 23.1 Å². The first-order chi connectivity index (χ1) is 16.0. The number of nitrogens with two attached hydrogens (primary N) is 1. The molecule has 0 amide bonds. The van der Waals surface area contributed by atoms with Crippen LogP contribution >= 0.6 is 11.8 Å². The SMILES string of the molecule is CN1CCC(Sc2cc(C(=O)Cc3cc4cc(C5=CN=C(N)C5)ccc4cn3)ccn2)CC1. The standard InChI is InChI=1S/C26H27N5OS/c1-31-8-5-23(6-9-31)33-26-13-18(4-7-28-26)24(32)14-22-11-20-10-17(2-3-19(20)15-29-22)21-12-25(27)30-16-21/h2-4,7,10-11,13,15-16,23H,5-6,8-9,12,14H2,1H3,(H2,27,30). The number of Topliss-reactive ketones (excluding diaryl/α,β-unsaturated/α-hetero) is 1. The summed E-state index contributed by atoms with van der Waals surface area (Å²) in [6, 6.07) is 12.0. The van der Waals surface area contributed by atoms with Crippen LogP contribution in [-0.4, -0.2) is 51.9 Å². The Labute approximate surface area is 198 Å². The van der Waals surface area contributed by atoms with Gasteiger partial charge < -0.3 is 10.6 Å². The molecular formula is C26H27N5OS. The number of nitrogens with zero attached hydrogens (tertiary/aromatic N) is 4. The Hall–Kier alpha value is -3.03. The summed E-state index contributed by atoms with van der Waals surface area (Å²) < 4.78 is 0. The number of hydrogen-bond acceptors (Lipinski definition) is 7. The summed E-state index contributed by atoms with van der Waals surface area (Å²) in [4.78, 5) is 28.6. The number of pyridine rings is 2. The van der Waals surface area contributed by atoms with E-state index in [1.54, 1.807) is 24.0 Å². The monoisotopic (exact) mass is 457 g/mol. The van der Waals surface area contributed by atoms with Crippen LogP contribution in [0.1, 0.15) is 40.9 Å². The van der Waals surface area contributed by atoms with Crippen LogP contribution in [0.2, 0.25) is 0 Å². The van der Waals surface area contributed by atoms with E-state index in [0.717, 1.165) is 58.6 Å². The molecule has 33 heavy (non-hydrogen) atoms. The number of aromatic nitrogens is 2. The van der Waals surface area contributed by atoms with Crippen LogP contribution in [0.5, 0.6) is 0 Å². The van der Waals surface area contributed by atoms with E-state index < -0.39 is 0 Å². The minimum absolute atomic E-state index is 0.0605. The number of amidine groups is 1. The third-order valence-electron chi connectivity index (χ3n) is 6.26. The highest BCUT2D eigenvalue weighted by atomic mass is 32.2. The van der Waals surface area contributed by atoms with Gasteiger partial charge in [-0.05, 0) is 73.8 Å². The van der Waals surface area contributed by atoms with E-state index in [-0.39, 0.29) is 12.2 Å². The van der Waals surface area contributed by atoms with Crippen molar-refractivity contribution >= 4 is 39.7 Å². The van der Waals surface area contributed by atoms with Crippen LogP contribution in [0.4, 0.5) is 0 Å². The molecule has 2 aliphatic rings. The zero-order valence-corrected chi connectivity index (χ0v) is 19.5. The van der Waals surface area contributed by atoms with E-state index in [1.807, 2.05) is 30.6 Å². The molecule has 0 spiro atoms. The quantitative estimate of drug-likeness (QED) is 0.554. The van der Waals surface area contributed by atoms with Gasteiger partial charge in [0.15, 0.2) is 5.78 Å². The maximum absolute atomic E-state index is 13.0. The Balaban J connectivity index is 1.29. The molecule has 0 saturated carbocycles. The highest BCUT2D eigenvalue weighted by Crippen LogP contribution is 2.30. The Morgan fingerprint density at radius 2 is 1.97 bits per heavy atom. The molecule has 2 aliphatic heterocycles. The van der Waals surface area contributed by atoms with Gasteiger partial charge in [-0.1, -0.05) is 12.1 Å². The summed E-state index contributed by atoms with van der Waals surface area (Å²) in [6.07, 6.45) is 8.65. The fourth-order valence-corrected chi connectivity index (χ4v) is 5.40. The first-order valence-electron chi connectivity index (χ1n) is 11.3. The summed E-state index contributed by atoms with van der Waals surface area (Å²) in [5.74, 6) is 0.696. The molecule has 1 saturated heterocycles. The zero-order valence-electron chi connectivity index (χ0n) is 18.7. The fourth-order valence-electron chi connectivity index (χ4n) is 4.29. The van der Waals surface area contributed by atoms with E-state index >= 15 is 0 Å². The Bertz CT molecular complexity index is 1260. The number of ketones is 1. The van der Waals surface area contributed by atoms with E-state index in [2.05, 4.69) is 39.0 Å². The molecule has 168 valence electrons. The molecule has 0 unspecified atom stereocenters. The molecule has 0 radical (unpaired) electrons. The topological polar surface area (TPSA) is 84.5 Å². The van der Waals surface area contributed by atoms with E-state index in [4.69, 9.17) is 5.73 Å². The lowest BCUT2D eigenvalue weighted by Crippen LogP contribution is -2.31. The number of aliphatic imine (C=N–C) groups is 1. The van der Waals surface area contributed by atoms with Gasteiger partial charge >= 0.3 is 0 Å². The number of piperidine rings is 1. The van der Waals surface area contributed by atoms with E-state index in [9.17, 15) is 4.79 Å². The number of fused-ring (bicyclic) bond motifs is 1. The van der Waals surface area contributed by atoms with Gasteiger partial charge in [0.05, 0.1) is 11.4 Å². The second-order valence-electron chi connectivity index (χ2n) is 8.79. The van der Waals surface area contributed by atoms with Gasteiger partial charge in [0, 0.05) is 46.9 Å². The third kappa shape index (κ3) is 5.15. The van der Waals surface area contributed by atoms with Gasteiger partial charge in [-0.25, -0.2) is 9.98 Å². The maximum atomic E-state index is 13.0. The summed E-state index contributed by atoms with van der Waals surface area (Å²) in [5, 5.41) is 3.59. The van der Waals surface area contributed by atoms with Crippen LogP contribution < -0.4 is 5.73 Å². The number of carbonyl (C=O) groups excluding carboxylic acids is 1. The van der Waals surface area contributed by atoms with Gasteiger partial charge in [0.1, 0.15) is 5.84 Å². The molecule has 1 aromatic carbocycles. The van der Waals surface area contributed by atoms with Crippen molar-refractivity contribution in [1.29, 1.82) is 0 Å². The number of benzene rings is 1. The van der Waals surface area contributed by atoms with Gasteiger partial charge in [-0.15, -0.1) is 11.8 Å². The molecule has 2 N–H and O–H groups in total.